The van der Waals surface area contributed by atoms with Gasteiger partial charge in [-0.15, -0.1) is 0 Å². The average molecular weight is 282 g/mol. The van der Waals surface area contributed by atoms with Gasteiger partial charge >= 0.3 is 5.97 Å². The van der Waals surface area contributed by atoms with Crippen LogP contribution in [-0.4, -0.2) is 41.9 Å². The summed E-state index contributed by atoms with van der Waals surface area (Å²) >= 11 is 0. The van der Waals surface area contributed by atoms with Gasteiger partial charge in [-0.2, -0.15) is 4.98 Å². The van der Waals surface area contributed by atoms with Crippen LogP contribution in [-0.2, 0) is 9.47 Å². The molecular formula is C14H22N2O4. The number of carbonyl (C=O) groups is 1. The zero-order valence-electron chi connectivity index (χ0n) is 12.7. The lowest BCUT2D eigenvalue weighted by molar-refractivity contribution is -0.134. The van der Waals surface area contributed by atoms with E-state index in [1.807, 2.05) is 32.6 Å². The lowest BCUT2D eigenvalue weighted by atomic mass is 9.99. The molecule has 0 bridgehead atoms. The number of carbonyl (C=O) groups excluding carboxylic acids is 1. The van der Waals surface area contributed by atoms with Crippen LogP contribution in [0, 0.1) is 0 Å². The number of hydrogen-bond donors (Lipinski definition) is 0. The Hall–Kier alpha value is -1.56. The molecule has 1 aromatic rings. The maximum absolute atomic E-state index is 11.6. The molecule has 2 heterocycles. The standard InChI is InChI=1S/C14H22N2O4/c1-6-18-11(17)10-7-19-12(15-10)16-8-13(2,3)20-14(4,5)9-16/h7H,6,8-9H2,1-5H3. The van der Waals surface area contributed by atoms with Crippen molar-refractivity contribution in [3.63, 3.8) is 0 Å². The molecule has 1 aliphatic rings. The van der Waals surface area contributed by atoms with Gasteiger partial charge in [0.05, 0.1) is 30.9 Å². The molecule has 0 N–H and O–H groups in total. The fourth-order valence-electron chi connectivity index (χ4n) is 2.63. The largest absolute Gasteiger partial charge is 0.461 e. The van der Waals surface area contributed by atoms with Gasteiger partial charge in [0.15, 0.2) is 5.69 Å². The Bertz CT molecular complexity index is 477. The third kappa shape index (κ3) is 3.30. The second-order valence-electron chi connectivity index (χ2n) is 6.21. The van der Waals surface area contributed by atoms with Gasteiger partial charge in [0.25, 0.3) is 6.01 Å². The van der Waals surface area contributed by atoms with E-state index in [1.54, 1.807) is 6.92 Å². The third-order valence-electron chi connectivity index (χ3n) is 2.94. The molecule has 0 amide bonds. The first-order chi connectivity index (χ1) is 9.22. The van der Waals surface area contributed by atoms with Gasteiger partial charge in [-0.05, 0) is 34.6 Å². The first-order valence-electron chi connectivity index (χ1n) is 6.80. The number of esters is 1. The number of morpholine rings is 1. The maximum atomic E-state index is 11.6. The molecule has 6 heteroatoms. The van der Waals surface area contributed by atoms with Crippen LogP contribution >= 0.6 is 0 Å². The quantitative estimate of drug-likeness (QED) is 0.792. The molecule has 0 radical (unpaired) electrons. The van der Waals surface area contributed by atoms with E-state index < -0.39 is 5.97 Å². The highest BCUT2D eigenvalue weighted by Crippen LogP contribution is 2.31. The Kier molecular flexibility index (Phi) is 3.77. The number of aromatic nitrogens is 1. The predicted octanol–water partition coefficient (Wildman–Crippen LogP) is 2.25. The molecule has 1 saturated heterocycles. The van der Waals surface area contributed by atoms with Gasteiger partial charge < -0.3 is 18.8 Å². The maximum Gasteiger partial charge on any atom is 0.360 e. The van der Waals surface area contributed by atoms with E-state index in [0.717, 1.165) is 0 Å². The summed E-state index contributed by atoms with van der Waals surface area (Å²) in [6.07, 6.45) is 1.34. The van der Waals surface area contributed by atoms with E-state index in [-0.39, 0.29) is 16.9 Å². The Balaban J connectivity index is 2.17. The van der Waals surface area contributed by atoms with Crippen molar-refractivity contribution in [1.29, 1.82) is 0 Å². The molecule has 0 aromatic carbocycles. The molecule has 1 aliphatic heterocycles. The van der Waals surface area contributed by atoms with Gasteiger partial charge in [-0.25, -0.2) is 4.79 Å². The van der Waals surface area contributed by atoms with E-state index in [9.17, 15) is 4.79 Å². The molecule has 0 unspecified atom stereocenters. The van der Waals surface area contributed by atoms with E-state index in [1.165, 1.54) is 6.26 Å². The van der Waals surface area contributed by atoms with E-state index in [2.05, 4.69) is 4.98 Å². The van der Waals surface area contributed by atoms with Gasteiger partial charge in [0.2, 0.25) is 0 Å². The number of rotatable bonds is 3. The van der Waals surface area contributed by atoms with Gasteiger partial charge in [0, 0.05) is 0 Å². The topological polar surface area (TPSA) is 64.8 Å². The van der Waals surface area contributed by atoms with Crippen LogP contribution in [0.3, 0.4) is 0 Å². The van der Waals surface area contributed by atoms with Crippen molar-refractivity contribution >= 4 is 12.0 Å². The van der Waals surface area contributed by atoms with E-state index in [4.69, 9.17) is 13.9 Å². The van der Waals surface area contributed by atoms with E-state index in [0.29, 0.717) is 25.7 Å². The van der Waals surface area contributed by atoms with Crippen LogP contribution in [0.25, 0.3) is 0 Å². The minimum Gasteiger partial charge on any atom is -0.461 e. The molecule has 6 nitrogen and oxygen atoms in total. The highest BCUT2D eigenvalue weighted by atomic mass is 16.5. The minimum atomic E-state index is -0.464. The van der Waals surface area contributed by atoms with Crippen molar-refractivity contribution in [1.82, 2.24) is 4.98 Å². The van der Waals surface area contributed by atoms with Crippen LogP contribution in [0.1, 0.15) is 45.1 Å². The summed E-state index contributed by atoms with van der Waals surface area (Å²) in [6.45, 7) is 11.5. The van der Waals surface area contributed by atoms with Crippen LogP contribution in [0.5, 0.6) is 0 Å². The van der Waals surface area contributed by atoms with Crippen LogP contribution in [0.4, 0.5) is 6.01 Å². The van der Waals surface area contributed by atoms with Crippen molar-refractivity contribution in [2.45, 2.75) is 45.8 Å². The molecule has 0 spiro atoms. The minimum absolute atomic E-state index is 0.198. The monoisotopic (exact) mass is 282 g/mol. The van der Waals surface area contributed by atoms with Gasteiger partial charge in [-0.1, -0.05) is 0 Å². The Morgan fingerprint density at radius 1 is 1.35 bits per heavy atom. The number of hydrogen-bond acceptors (Lipinski definition) is 6. The van der Waals surface area contributed by atoms with Gasteiger partial charge in [0.1, 0.15) is 6.26 Å². The summed E-state index contributed by atoms with van der Waals surface area (Å²) in [6, 6.07) is 0.428. The number of oxazole rings is 1. The normalized spacial score (nSPS) is 20.8. The zero-order chi connectivity index (χ0) is 15.0. The molecule has 112 valence electrons. The molecule has 0 saturated carbocycles. The Morgan fingerprint density at radius 2 is 1.95 bits per heavy atom. The van der Waals surface area contributed by atoms with Crippen molar-refractivity contribution < 1.29 is 18.7 Å². The summed E-state index contributed by atoms with van der Waals surface area (Å²) in [4.78, 5) is 17.8. The summed E-state index contributed by atoms with van der Waals surface area (Å²) in [7, 11) is 0. The second-order valence-corrected chi connectivity index (χ2v) is 6.21. The predicted molar refractivity (Wildman–Crippen MR) is 73.9 cm³/mol. The third-order valence-corrected chi connectivity index (χ3v) is 2.94. The molecular weight excluding hydrogens is 260 g/mol. The van der Waals surface area contributed by atoms with E-state index >= 15 is 0 Å². The summed E-state index contributed by atoms with van der Waals surface area (Å²) < 4.78 is 16.3. The molecule has 1 aromatic heterocycles. The van der Waals surface area contributed by atoms with Gasteiger partial charge in [-0.3, -0.25) is 0 Å². The van der Waals surface area contributed by atoms with Crippen molar-refractivity contribution in [3.8, 4) is 0 Å². The highest BCUT2D eigenvalue weighted by molar-refractivity contribution is 5.87. The van der Waals surface area contributed by atoms with Crippen LogP contribution in [0.2, 0.25) is 0 Å². The second kappa shape index (κ2) is 5.09. The summed E-state index contributed by atoms with van der Waals surface area (Å²) in [5.74, 6) is -0.464. The fraction of sp³-hybridized carbons (Fsp3) is 0.714. The van der Waals surface area contributed by atoms with Crippen molar-refractivity contribution in [3.05, 3.63) is 12.0 Å². The van der Waals surface area contributed by atoms with Crippen molar-refractivity contribution in [2.75, 3.05) is 24.6 Å². The first kappa shape index (κ1) is 14.8. The molecule has 1 fully saturated rings. The molecule has 20 heavy (non-hydrogen) atoms. The van der Waals surface area contributed by atoms with Crippen molar-refractivity contribution in [2.24, 2.45) is 0 Å². The molecule has 2 rings (SSSR count). The Morgan fingerprint density at radius 3 is 2.50 bits per heavy atom. The number of ether oxygens (including phenoxy) is 2. The van der Waals surface area contributed by atoms with Crippen LogP contribution in [0.15, 0.2) is 10.7 Å². The fourth-order valence-corrected chi connectivity index (χ4v) is 2.63. The average Bonchev–Trinajstić information content (AvgIpc) is 2.74. The lowest BCUT2D eigenvalue weighted by Gasteiger charge is -2.46. The smallest absolute Gasteiger partial charge is 0.360 e. The SMILES string of the molecule is CCOC(=O)c1coc(N2CC(C)(C)OC(C)(C)C2)n1. The summed E-state index contributed by atoms with van der Waals surface area (Å²) in [5.41, 5.74) is -0.412. The van der Waals surface area contributed by atoms with Crippen LogP contribution < -0.4 is 4.90 Å². The molecule has 0 aliphatic carbocycles. The zero-order valence-corrected chi connectivity index (χ0v) is 12.7. The number of nitrogens with zero attached hydrogens (tertiary/aromatic N) is 2. The first-order valence-corrected chi connectivity index (χ1v) is 6.80. The Labute approximate surface area is 119 Å². The summed E-state index contributed by atoms with van der Waals surface area (Å²) in [5, 5.41) is 0. The highest BCUT2D eigenvalue weighted by Gasteiger charge is 2.39. The number of anilines is 1. The lowest BCUT2D eigenvalue weighted by Crippen LogP contribution is -2.57. The molecule has 0 atom stereocenters.